The van der Waals surface area contributed by atoms with Crippen molar-refractivity contribution >= 4 is 34.9 Å². The van der Waals surface area contributed by atoms with E-state index in [-0.39, 0.29) is 12.6 Å². The summed E-state index contributed by atoms with van der Waals surface area (Å²) in [5, 5.41) is 15.0. The summed E-state index contributed by atoms with van der Waals surface area (Å²) in [7, 11) is 0. The quantitative estimate of drug-likeness (QED) is 0.891. The number of carbonyl (C=O) groups excluding carboxylic acids is 1. The van der Waals surface area contributed by atoms with Gasteiger partial charge in [0.25, 0.3) is 0 Å². The van der Waals surface area contributed by atoms with Crippen molar-refractivity contribution in [3.05, 3.63) is 63.6 Å². The Morgan fingerprint density at radius 1 is 1.10 bits per heavy atom. The molecule has 0 heterocycles. The van der Waals surface area contributed by atoms with Crippen LogP contribution in [0.5, 0.6) is 0 Å². The molecule has 0 aliphatic rings. The summed E-state index contributed by atoms with van der Waals surface area (Å²) in [6, 6.07) is 13.4. The molecular weight excluding hydrogens is 309 g/mol. The first-order valence-corrected chi connectivity index (χ1v) is 6.83. The van der Waals surface area contributed by atoms with E-state index in [1.54, 1.807) is 42.5 Å². The molecule has 0 unspecified atom stereocenters. The highest BCUT2D eigenvalue weighted by Crippen LogP contribution is 2.23. The molecule has 6 heteroatoms. The molecule has 0 aliphatic carbocycles. The normalized spacial score (nSPS) is 9.76. The highest BCUT2D eigenvalue weighted by atomic mass is 35.5. The van der Waals surface area contributed by atoms with E-state index in [0.717, 1.165) is 0 Å². The number of hydrogen-bond acceptors (Lipinski definition) is 2. The van der Waals surface area contributed by atoms with Crippen LogP contribution in [0.1, 0.15) is 11.1 Å². The minimum atomic E-state index is -0.379. The molecule has 2 aromatic carbocycles. The maximum atomic E-state index is 11.8. The minimum absolute atomic E-state index is 0.223. The molecule has 0 saturated carbocycles. The van der Waals surface area contributed by atoms with Crippen molar-refractivity contribution in [2.75, 3.05) is 5.32 Å². The third-order valence-electron chi connectivity index (χ3n) is 2.76. The van der Waals surface area contributed by atoms with Gasteiger partial charge in [0.05, 0.1) is 11.6 Å². The zero-order chi connectivity index (χ0) is 15.2. The lowest BCUT2D eigenvalue weighted by atomic mass is 10.2. The van der Waals surface area contributed by atoms with E-state index >= 15 is 0 Å². The summed E-state index contributed by atoms with van der Waals surface area (Å²) >= 11 is 12.0. The molecule has 0 aromatic heterocycles. The van der Waals surface area contributed by atoms with E-state index in [4.69, 9.17) is 28.5 Å². The van der Waals surface area contributed by atoms with E-state index in [2.05, 4.69) is 10.6 Å². The van der Waals surface area contributed by atoms with Crippen molar-refractivity contribution in [2.24, 2.45) is 0 Å². The van der Waals surface area contributed by atoms with Crippen molar-refractivity contribution < 1.29 is 4.79 Å². The summed E-state index contributed by atoms with van der Waals surface area (Å²) in [6.45, 7) is 0.223. The number of nitrogens with one attached hydrogen (secondary N) is 2. The molecule has 0 saturated heterocycles. The Labute approximate surface area is 132 Å². The summed E-state index contributed by atoms with van der Waals surface area (Å²) in [5.41, 5.74) is 1.79. The molecule has 4 nitrogen and oxygen atoms in total. The number of amides is 2. The summed E-state index contributed by atoms with van der Waals surface area (Å²) in [4.78, 5) is 11.8. The highest BCUT2D eigenvalue weighted by Gasteiger charge is 2.07. The number of nitriles is 1. The van der Waals surface area contributed by atoms with Crippen LogP contribution in [0.25, 0.3) is 0 Å². The van der Waals surface area contributed by atoms with Gasteiger partial charge in [0.15, 0.2) is 0 Å². The van der Waals surface area contributed by atoms with Crippen LogP contribution in [0.3, 0.4) is 0 Å². The average molecular weight is 320 g/mol. The van der Waals surface area contributed by atoms with Crippen molar-refractivity contribution in [1.29, 1.82) is 5.26 Å². The lowest BCUT2D eigenvalue weighted by Gasteiger charge is -2.10. The Hall–Kier alpha value is -2.22. The summed E-state index contributed by atoms with van der Waals surface area (Å²) in [6.07, 6.45) is 0. The predicted octanol–water partition coefficient (Wildman–Crippen LogP) is 4.19. The van der Waals surface area contributed by atoms with E-state index in [1.165, 1.54) is 0 Å². The fourth-order valence-corrected chi connectivity index (χ4v) is 2.20. The predicted molar refractivity (Wildman–Crippen MR) is 83.5 cm³/mol. The van der Waals surface area contributed by atoms with Crippen molar-refractivity contribution in [2.45, 2.75) is 6.54 Å². The zero-order valence-corrected chi connectivity index (χ0v) is 12.4. The number of urea groups is 1. The standard InChI is InChI=1S/C15H11Cl2N3O/c16-13-2-1-3-14(17)12(13)9-19-15(21)20-11-6-4-10(8-18)5-7-11/h1-7H,9H2,(H2,19,20,21). The number of rotatable bonds is 3. The maximum absolute atomic E-state index is 11.8. The van der Waals surface area contributed by atoms with E-state index < -0.39 is 0 Å². The Bertz CT molecular complexity index is 673. The smallest absolute Gasteiger partial charge is 0.319 e. The minimum Gasteiger partial charge on any atom is -0.334 e. The van der Waals surface area contributed by atoms with Gasteiger partial charge in [0.2, 0.25) is 0 Å². The molecule has 2 N–H and O–H groups in total. The largest absolute Gasteiger partial charge is 0.334 e. The van der Waals surface area contributed by atoms with Gasteiger partial charge in [-0.05, 0) is 36.4 Å². The molecule has 0 atom stereocenters. The summed E-state index contributed by atoms with van der Waals surface area (Å²) < 4.78 is 0. The molecule has 2 aromatic rings. The van der Waals surface area contributed by atoms with E-state index in [9.17, 15) is 4.79 Å². The van der Waals surface area contributed by atoms with E-state index in [1.807, 2.05) is 6.07 Å². The number of hydrogen-bond donors (Lipinski definition) is 2. The van der Waals surface area contributed by atoms with Gasteiger partial charge in [-0.15, -0.1) is 0 Å². The topological polar surface area (TPSA) is 64.9 Å². The molecule has 2 rings (SSSR count). The molecule has 21 heavy (non-hydrogen) atoms. The maximum Gasteiger partial charge on any atom is 0.319 e. The Kier molecular flexibility index (Phi) is 5.04. The van der Waals surface area contributed by atoms with Crippen LogP contribution in [0, 0.1) is 11.3 Å². The number of halogens is 2. The number of carbonyl (C=O) groups is 1. The van der Waals surface area contributed by atoms with Gasteiger partial charge in [-0.1, -0.05) is 29.3 Å². The molecule has 0 radical (unpaired) electrons. The fraction of sp³-hybridized carbons (Fsp3) is 0.0667. The Morgan fingerprint density at radius 3 is 2.29 bits per heavy atom. The van der Waals surface area contributed by atoms with Gasteiger partial charge < -0.3 is 10.6 Å². The van der Waals surface area contributed by atoms with Crippen LogP contribution in [0.15, 0.2) is 42.5 Å². The van der Waals surface area contributed by atoms with Gasteiger partial charge in [0, 0.05) is 27.8 Å². The number of nitrogens with zero attached hydrogens (tertiary/aromatic N) is 1. The average Bonchev–Trinajstić information content (AvgIpc) is 2.47. The second kappa shape index (κ2) is 6.98. The van der Waals surface area contributed by atoms with Crippen LogP contribution in [0.4, 0.5) is 10.5 Å². The second-order valence-corrected chi connectivity index (χ2v) is 5.01. The molecular formula is C15H11Cl2N3O. The number of anilines is 1. The van der Waals surface area contributed by atoms with E-state index in [0.29, 0.717) is 26.9 Å². The fourth-order valence-electron chi connectivity index (χ4n) is 1.67. The first-order valence-electron chi connectivity index (χ1n) is 6.08. The SMILES string of the molecule is N#Cc1ccc(NC(=O)NCc2c(Cl)cccc2Cl)cc1. The number of benzene rings is 2. The summed E-state index contributed by atoms with van der Waals surface area (Å²) in [5.74, 6) is 0. The lowest BCUT2D eigenvalue weighted by Crippen LogP contribution is -2.28. The Balaban J connectivity index is 1.94. The molecule has 0 spiro atoms. The monoisotopic (exact) mass is 319 g/mol. The van der Waals surface area contributed by atoms with Gasteiger partial charge in [-0.25, -0.2) is 4.79 Å². The van der Waals surface area contributed by atoms with Crippen LogP contribution < -0.4 is 10.6 Å². The van der Waals surface area contributed by atoms with Crippen molar-refractivity contribution in [3.8, 4) is 6.07 Å². The molecule has 0 aliphatic heterocycles. The van der Waals surface area contributed by atoms with Crippen molar-refractivity contribution in [3.63, 3.8) is 0 Å². The molecule has 106 valence electrons. The Morgan fingerprint density at radius 2 is 1.71 bits per heavy atom. The van der Waals surface area contributed by atoms with Crippen LogP contribution in [-0.2, 0) is 6.54 Å². The first kappa shape index (κ1) is 15.2. The van der Waals surface area contributed by atoms with Gasteiger partial charge in [-0.2, -0.15) is 5.26 Å². The first-order chi connectivity index (χ1) is 10.1. The third-order valence-corrected chi connectivity index (χ3v) is 3.47. The van der Waals surface area contributed by atoms with Gasteiger partial charge in [-0.3, -0.25) is 0 Å². The highest BCUT2D eigenvalue weighted by molar-refractivity contribution is 6.36. The zero-order valence-electron chi connectivity index (χ0n) is 10.9. The van der Waals surface area contributed by atoms with Gasteiger partial charge >= 0.3 is 6.03 Å². The molecule has 2 amide bonds. The lowest BCUT2D eigenvalue weighted by molar-refractivity contribution is 0.252. The second-order valence-electron chi connectivity index (χ2n) is 4.20. The van der Waals surface area contributed by atoms with Crippen LogP contribution in [-0.4, -0.2) is 6.03 Å². The van der Waals surface area contributed by atoms with Crippen LogP contribution in [0.2, 0.25) is 10.0 Å². The molecule has 0 bridgehead atoms. The third kappa shape index (κ3) is 4.12. The van der Waals surface area contributed by atoms with Gasteiger partial charge in [0.1, 0.15) is 0 Å². The molecule has 0 fully saturated rings. The van der Waals surface area contributed by atoms with Crippen LogP contribution >= 0.6 is 23.2 Å². The van der Waals surface area contributed by atoms with Crippen molar-refractivity contribution in [1.82, 2.24) is 5.32 Å².